The molecule has 0 aromatic carbocycles. The van der Waals surface area contributed by atoms with Gasteiger partial charge >= 0.3 is 6.03 Å². The molecule has 0 aromatic rings. The van der Waals surface area contributed by atoms with Crippen molar-refractivity contribution in [3.63, 3.8) is 0 Å². The van der Waals surface area contributed by atoms with Crippen LogP contribution in [0.25, 0.3) is 0 Å². The molecule has 0 aromatic heterocycles. The third-order valence-corrected chi connectivity index (χ3v) is 3.19. The van der Waals surface area contributed by atoms with Crippen LogP contribution in [0.5, 0.6) is 0 Å². The average molecular weight is 217 g/mol. The highest BCUT2D eigenvalue weighted by Gasteiger charge is 2.14. The molecule has 80 valence electrons. The van der Waals surface area contributed by atoms with Crippen LogP contribution in [0.4, 0.5) is 4.79 Å². The first kappa shape index (κ1) is 11.3. The summed E-state index contributed by atoms with van der Waals surface area (Å²) in [5.41, 5.74) is 4.80. The summed E-state index contributed by atoms with van der Waals surface area (Å²) in [5.74, 6) is 1.86. The van der Waals surface area contributed by atoms with Crippen molar-refractivity contribution in [1.82, 2.24) is 10.6 Å². The summed E-state index contributed by atoms with van der Waals surface area (Å²) in [4.78, 5) is 21.3. The van der Waals surface area contributed by atoms with Gasteiger partial charge in [-0.1, -0.05) is 0 Å². The summed E-state index contributed by atoms with van der Waals surface area (Å²) in [7, 11) is 0. The van der Waals surface area contributed by atoms with Gasteiger partial charge in [0.2, 0.25) is 5.91 Å². The van der Waals surface area contributed by atoms with Crippen LogP contribution in [0.2, 0.25) is 0 Å². The molecule has 1 aliphatic rings. The van der Waals surface area contributed by atoms with Gasteiger partial charge in [-0.2, -0.15) is 11.8 Å². The molecule has 1 fully saturated rings. The van der Waals surface area contributed by atoms with E-state index in [1.165, 1.54) is 12.2 Å². The zero-order valence-corrected chi connectivity index (χ0v) is 8.73. The van der Waals surface area contributed by atoms with Gasteiger partial charge in [0.1, 0.15) is 0 Å². The van der Waals surface area contributed by atoms with Crippen molar-refractivity contribution in [3.8, 4) is 0 Å². The number of hydrogen-bond acceptors (Lipinski definition) is 4. The molecule has 0 saturated carbocycles. The molecule has 14 heavy (non-hydrogen) atoms. The zero-order chi connectivity index (χ0) is 10.4. The van der Waals surface area contributed by atoms with Crippen molar-refractivity contribution in [2.75, 3.05) is 18.1 Å². The van der Waals surface area contributed by atoms with E-state index in [1.54, 1.807) is 0 Å². The lowest BCUT2D eigenvalue weighted by molar-refractivity contribution is -0.119. The van der Waals surface area contributed by atoms with E-state index in [0.717, 1.165) is 12.2 Å². The van der Waals surface area contributed by atoms with E-state index in [1.807, 2.05) is 17.1 Å². The molecule has 4 N–H and O–H groups in total. The quantitative estimate of drug-likeness (QED) is 0.604. The smallest absolute Gasteiger partial charge is 0.318 e. The van der Waals surface area contributed by atoms with E-state index in [0.29, 0.717) is 6.04 Å². The molecule has 6 heteroatoms. The summed E-state index contributed by atoms with van der Waals surface area (Å²) < 4.78 is 0. The number of hydrogen-bond donors (Lipinski definition) is 3. The average Bonchev–Trinajstić information content (AvgIpc) is 2.15. The number of carbonyl (C=O) groups excluding carboxylic acids is 2. The van der Waals surface area contributed by atoms with E-state index in [-0.39, 0.29) is 12.5 Å². The fraction of sp³-hybridized carbons (Fsp3) is 0.750. The first-order valence-electron chi connectivity index (χ1n) is 4.59. The number of primary amides is 1. The van der Waals surface area contributed by atoms with Crippen LogP contribution in [-0.2, 0) is 4.79 Å². The van der Waals surface area contributed by atoms with E-state index in [2.05, 4.69) is 5.32 Å². The van der Waals surface area contributed by atoms with Gasteiger partial charge in [0.15, 0.2) is 0 Å². The molecule has 1 aliphatic heterocycles. The predicted molar refractivity (Wildman–Crippen MR) is 56.1 cm³/mol. The Labute approximate surface area is 87.2 Å². The van der Waals surface area contributed by atoms with Crippen LogP contribution >= 0.6 is 11.8 Å². The van der Waals surface area contributed by atoms with Gasteiger partial charge in [-0.15, -0.1) is 0 Å². The monoisotopic (exact) mass is 217 g/mol. The number of rotatable bonds is 3. The highest BCUT2D eigenvalue weighted by Crippen LogP contribution is 2.16. The largest absolute Gasteiger partial charge is 0.351 e. The first-order valence-corrected chi connectivity index (χ1v) is 5.74. The lowest BCUT2D eigenvalue weighted by Gasteiger charge is -2.21. The van der Waals surface area contributed by atoms with Crippen molar-refractivity contribution >= 4 is 23.7 Å². The lowest BCUT2D eigenvalue weighted by atomic mass is 10.2. The SMILES string of the molecule is NC(=O)NC(=O)CNC1CCCSC1. The molecule has 1 unspecified atom stereocenters. The molecule has 1 saturated heterocycles. The Morgan fingerprint density at radius 2 is 2.29 bits per heavy atom. The van der Waals surface area contributed by atoms with Crippen molar-refractivity contribution in [2.24, 2.45) is 5.73 Å². The number of amides is 3. The van der Waals surface area contributed by atoms with Gasteiger partial charge in [0.05, 0.1) is 6.54 Å². The van der Waals surface area contributed by atoms with Crippen molar-refractivity contribution in [3.05, 3.63) is 0 Å². The maximum atomic E-state index is 11.0. The summed E-state index contributed by atoms with van der Waals surface area (Å²) >= 11 is 1.88. The standard InChI is InChI=1S/C8H15N3O2S/c9-8(13)11-7(12)4-10-6-2-1-3-14-5-6/h6,10H,1-5H2,(H3,9,11,12,13). The van der Waals surface area contributed by atoms with Crippen LogP contribution in [0.1, 0.15) is 12.8 Å². The minimum Gasteiger partial charge on any atom is -0.351 e. The van der Waals surface area contributed by atoms with Crippen LogP contribution in [0, 0.1) is 0 Å². The molecule has 0 bridgehead atoms. The summed E-state index contributed by atoms with van der Waals surface area (Å²) in [6, 6.07) is -0.415. The molecule has 3 amide bonds. The normalized spacial score (nSPS) is 21.6. The highest BCUT2D eigenvalue weighted by atomic mass is 32.2. The summed E-state index contributed by atoms with van der Waals surface area (Å²) in [6.45, 7) is 0.161. The van der Waals surface area contributed by atoms with E-state index in [4.69, 9.17) is 5.73 Å². The Morgan fingerprint density at radius 3 is 2.86 bits per heavy atom. The first-order chi connectivity index (χ1) is 6.68. The lowest BCUT2D eigenvalue weighted by Crippen LogP contribution is -2.44. The van der Waals surface area contributed by atoms with Crippen LogP contribution in [-0.4, -0.2) is 36.0 Å². The van der Waals surface area contributed by atoms with Gasteiger partial charge in [0, 0.05) is 11.8 Å². The number of urea groups is 1. The van der Waals surface area contributed by atoms with Gasteiger partial charge < -0.3 is 11.1 Å². The third kappa shape index (κ3) is 4.48. The van der Waals surface area contributed by atoms with Crippen molar-refractivity contribution < 1.29 is 9.59 Å². The number of imide groups is 1. The number of thioether (sulfide) groups is 1. The van der Waals surface area contributed by atoms with Crippen LogP contribution in [0.15, 0.2) is 0 Å². The molecule has 1 rings (SSSR count). The number of nitrogens with one attached hydrogen (secondary N) is 2. The van der Waals surface area contributed by atoms with Gasteiger partial charge in [-0.3, -0.25) is 10.1 Å². The Bertz CT molecular complexity index is 217. The van der Waals surface area contributed by atoms with Gasteiger partial charge in [-0.25, -0.2) is 4.79 Å². The third-order valence-electron chi connectivity index (χ3n) is 1.97. The van der Waals surface area contributed by atoms with Gasteiger partial charge in [0.25, 0.3) is 0 Å². The highest BCUT2D eigenvalue weighted by molar-refractivity contribution is 7.99. The summed E-state index contributed by atoms with van der Waals surface area (Å²) in [5, 5.41) is 5.10. The van der Waals surface area contributed by atoms with E-state index >= 15 is 0 Å². The van der Waals surface area contributed by atoms with Crippen LogP contribution < -0.4 is 16.4 Å². The second kappa shape index (κ2) is 5.87. The Kier molecular flexibility index (Phi) is 4.75. The zero-order valence-electron chi connectivity index (χ0n) is 7.91. The topological polar surface area (TPSA) is 84.2 Å². The molecule has 1 atom stereocenters. The fourth-order valence-corrected chi connectivity index (χ4v) is 2.43. The molecule has 0 aliphatic carbocycles. The Hall–Kier alpha value is -0.750. The Balaban J connectivity index is 2.12. The Morgan fingerprint density at radius 1 is 1.50 bits per heavy atom. The van der Waals surface area contributed by atoms with Gasteiger partial charge in [-0.05, 0) is 18.6 Å². The molecular formula is C8H15N3O2S. The molecule has 5 nitrogen and oxygen atoms in total. The minimum atomic E-state index is -0.796. The van der Waals surface area contributed by atoms with E-state index < -0.39 is 6.03 Å². The molecule has 0 spiro atoms. The minimum absolute atomic E-state index is 0.161. The number of nitrogens with two attached hydrogens (primary N) is 1. The van der Waals surface area contributed by atoms with Crippen LogP contribution in [0.3, 0.4) is 0 Å². The molecular weight excluding hydrogens is 202 g/mol. The van der Waals surface area contributed by atoms with E-state index in [9.17, 15) is 9.59 Å². The van der Waals surface area contributed by atoms with Crippen molar-refractivity contribution in [2.45, 2.75) is 18.9 Å². The maximum absolute atomic E-state index is 11.0. The second-order valence-corrected chi connectivity index (χ2v) is 4.36. The fourth-order valence-electron chi connectivity index (χ4n) is 1.32. The number of carbonyl (C=O) groups is 2. The maximum Gasteiger partial charge on any atom is 0.318 e. The second-order valence-electron chi connectivity index (χ2n) is 3.21. The molecule has 0 radical (unpaired) electrons. The summed E-state index contributed by atoms with van der Waals surface area (Å²) in [6.07, 6.45) is 2.27. The predicted octanol–water partition coefficient (Wildman–Crippen LogP) is -0.334. The van der Waals surface area contributed by atoms with Crippen molar-refractivity contribution in [1.29, 1.82) is 0 Å². The molecule has 1 heterocycles.